The van der Waals surface area contributed by atoms with E-state index in [1.165, 1.54) is 22.7 Å². The molecule has 0 bridgehead atoms. The largest absolute Gasteiger partial charge is 0.383 e. The number of rotatable bonds is 3. The van der Waals surface area contributed by atoms with Crippen LogP contribution in [-0.4, -0.2) is 4.37 Å². The van der Waals surface area contributed by atoms with E-state index in [0.717, 1.165) is 17.1 Å². The monoisotopic (exact) mass is 233 g/mol. The molecule has 1 heterocycles. The van der Waals surface area contributed by atoms with Gasteiger partial charge in [0, 0.05) is 12.1 Å². The van der Waals surface area contributed by atoms with Crippen LogP contribution < -0.4 is 11.1 Å². The zero-order chi connectivity index (χ0) is 11.5. The average molecular weight is 233 g/mol. The summed E-state index contributed by atoms with van der Waals surface area (Å²) in [6.07, 6.45) is 0. The standard InChI is InChI=1S/C12H15N3S/c1-8-5-3-4-6-10(8)7-14-12-9(2)11(13)15-16-12/h3-6,14H,7H2,1-2H3,(H2,13,15). The van der Waals surface area contributed by atoms with Crippen LogP contribution in [0.4, 0.5) is 10.8 Å². The maximum atomic E-state index is 5.70. The predicted molar refractivity (Wildman–Crippen MR) is 69.8 cm³/mol. The molecule has 0 saturated carbocycles. The van der Waals surface area contributed by atoms with Crippen LogP contribution in [-0.2, 0) is 6.54 Å². The highest BCUT2D eigenvalue weighted by Gasteiger charge is 2.06. The molecule has 0 aliphatic carbocycles. The number of hydrogen-bond donors (Lipinski definition) is 2. The lowest BCUT2D eigenvalue weighted by molar-refractivity contribution is 1.12. The molecule has 3 nitrogen and oxygen atoms in total. The van der Waals surface area contributed by atoms with Crippen LogP contribution in [0.2, 0.25) is 0 Å². The first-order valence-electron chi connectivity index (χ1n) is 5.18. The van der Waals surface area contributed by atoms with Crippen LogP contribution in [0.3, 0.4) is 0 Å². The molecule has 0 atom stereocenters. The lowest BCUT2D eigenvalue weighted by Gasteiger charge is -2.07. The number of benzene rings is 1. The van der Waals surface area contributed by atoms with Crippen molar-refractivity contribution in [3.05, 3.63) is 41.0 Å². The molecule has 2 rings (SSSR count). The average Bonchev–Trinajstić information content (AvgIpc) is 2.59. The Kier molecular flexibility index (Phi) is 3.10. The van der Waals surface area contributed by atoms with Crippen LogP contribution in [0.5, 0.6) is 0 Å². The highest BCUT2D eigenvalue weighted by atomic mass is 32.1. The van der Waals surface area contributed by atoms with E-state index in [9.17, 15) is 0 Å². The molecule has 0 unspecified atom stereocenters. The van der Waals surface area contributed by atoms with Gasteiger partial charge in [-0.1, -0.05) is 24.3 Å². The second-order valence-corrected chi connectivity index (χ2v) is 4.58. The SMILES string of the molecule is Cc1ccccc1CNc1snc(N)c1C. The maximum Gasteiger partial charge on any atom is 0.142 e. The van der Waals surface area contributed by atoms with Crippen molar-refractivity contribution in [1.82, 2.24) is 4.37 Å². The summed E-state index contributed by atoms with van der Waals surface area (Å²) in [5.74, 6) is 0.622. The fourth-order valence-electron chi connectivity index (χ4n) is 1.50. The minimum atomic E-state index is 0.622. The Labute approximate surface area is 99.5 Å². The molecule has 16 heavy (non-hydrogen) atoms. The fraction of sp³-hybridized carbons (Fsp3) is 0.250. The molecule has 0 saturated heterocycles. The molecule has 0 radical (unpaired) electrons. The fourth-order valence-corrected chi connectivity index (χ4v) is 2.20. The Bertz CT molecular complexity index is 491. The maximum absolute atomic E-state index is 5.70. The number of hydrogen-bond acceptors (Lipinski definition) is 4. The zero-order valence-electron chi connectivity index (χ0n) is 9.45. The summed E-state index contributed by atoms with van der Waals surface area (Å²) in [5, 5.41) is 4.42. The molecule has 0 spiro atoms. The van der Waals surface area contributed by atoms with Gasteiger partial charge >= 0.3 is 0 Å². The first kappa shape index (κ1) is 11.0. The van der Waals surface area contributed by atoms with Gasteiger partial charge in [-0.05, 0) is 36.5 Å². The van der Waals surface area contributed by atoms with Crippen LogP contribution in [0, 0.1) is 13.8 Å². The van der Waals surface area contributed by atoms with Gasteiger partial charge in [-0.25, -0.2) is 0 Å². The third-order valence-electron chi connectivity index (χ3n) is 2.66. The summed E-state index contributed by atoms with van der Waals surface area (Å²) in [4.78, 5) is 0. The van der Waals surface area contributed by atoms with Crippen molar-refractivity contribution in [2.24, 2.45) is 0 Å². The van der Waals surface area contributed by atoms with E-state index in [0.29, 0.717) is 5.82 Å². The zero-order valence-corrected chi connectivity index (χ0v) is 10.3. The normalized spacial score (nSPS) is 10.4. The molecule has 0 fully saturated rings. The Balaban J connectivity index is 2.08. The summed E-state index contributed by atoms with van der Waals surface area (Å²) < 4.78 is 4.11. The van der Waals surface area contributed by atoms with Gasteiger partial charge in [0.05, 0.1) is 0 Å². The van der Waals surface area contributed by atoms with E-state index < -0.39 is 0 Å². The molecule has 0 aliphatic rings. The van der Waals surface area contributed by atoms with Gasteiger partial charge in [-0.15, -0.1) is 0 Å². The molecule has 0 amide bonds. The van der Waals surface area contributed by atoms with Gasteiger partial charge in [0.2, 0.25) is 0 Å². The number of aryl methyl sites for hydroxylation is 1. The van der Waals surface area contributed by atoms with Crippen LogP contribution in [0.1, 0.15) is 16.7 Å². The molecule has 1 aromatic carbocycles. The minimum absolute atomic E-state index is 0.622. The highest BCUT2D eigenvalue weighted by molar-refractivity contribution is 7.10. The summed E-state index contributed by atoms with van der Waals surface area (Å²) >= 11 is 1.42. The second-order valence-electron chi connectivity index (χ2n) is 3.80. The second kappa shape index (κ2) is 4.53. The third-order valence-corrected chi connectivity index (χ3v) is 3.58. The Morgan fingerprint density at radius 1 is 1.31 bits per heavy atom. The van der Waals surface area contributed by atoms with E-state index in [4.69, 9.17) is 5.73 Å². The van der Waals surface area contributed by atoms with Crippen LogP contribution in [0.15, 0.2) is 24.3 Å². The number of nitrogen functional groups attached to an aromatic ring is 1. The van der Waals surface area contributed by atoms with Crippen molar-refractivity contribution in [3.63, 3.8) is 0 Å². The minimum Gasteiger partial charge on any atom is -0.383 e. The van der Waals surface area contributed by atoms with Gasteiger partial charge in [0.25, 0.3) is 0 Å². The molecule has 1 aromatic heterocycles. The molecule has 3 N–H and O–H groups in total. The Morgan fingerprint density at radius 3 is 2.69 bits per heavy atom. The molecular weight excluding hydrogens is 218 g/mol. The van der Waals surface area contributed by atoms with Crippen molar-refractivity contribution in [2.75, 3.05) is 11.1 Å². The lowest BCUT2D eigenvalue weighted by atomic mass is 10.1. The summed E-state index contributed by atoms with van der Waals surface area (Å²) in [6.45, 7) is 4.92. The van der Waals surface area contributed by atoms with Crippen molar-refractivity contribution in [2.45, 2.75) is 20.4 Å². The topological polar surface area (TPSA) is 50.9 Å². The van der Waals surface area contributed by atoms with Gasteiger partial charge in [-0.2, -0.15) is 4.37 Å². The molecule has 84 valence electrons. The molecule has 4 heteroatoms. The van der Waals surface area contributed by atoms with Crippen molar-refractivity contribution in [1.29, 1.82) is 0 Å². The number of aromatic nitrogens is 1. The van der Waals surface area contributed by atoms with Crippen molar-refractivity contribution >= 4 is 22.4 Å². The first-order valence-corrected chi connectivity index (χ1v) is 5.96. The number of nitrogens with two attached hydrogens (primary N) is 1. The smallest absolute Gasteiger partial charge is 0.142 e. The van der Waals surface area contributed by atoms with E-state index >= 15 is 0 Å². The lowest BCUT2D eigenvalue weighted by Crippen LogP contribution is -2.00. The van der Waals surface area contributed by atoms with Crippen molar-refractivity contribution < 1.29 is 0 Å². The van der Waals surface area contributed by atoms with Crippen LogP contribution >= 0.6 is 11.5 Å². The van der Waals surface area contributed by atoms with Gasteiger partial charge in [-0.3, -0.25) is 0 Å². The Morgan fingerprint density at radius 2 is 2.06 bits per heavy atom. The predicted octanol–water partition coefficient (Wildman–Crippen LogP) is 2.95. The number of nitrogens with one attached hydrogen (secondary N) is 1. The van der Waals surface area contributed by atoms with Gasteiger partial charge < -0.3 is 11.1 Å². The third kappa shape index (κ3) is 2.17. The molecular formula is C12H15N3S. The van der Waals surface area contributed by atoms with Gasteiger partial charge in [0.15, 0.2) is 0 Å². The van der Waals surface area contributed by atoms with E-state index in [1.807, 2.05) is 6.92 Å². The summed E-state index contributed by atoms with van der Waals surface area (Å²) in [5.41, 5.74) is 9.34. The van der Waals surface area contributed by atoms with E-state index in [2.05, 4.69) is 40.9 Å². The van der Waals surface area contributed by atoms with Crippen molar-refractivity contribution in [3.8, 4) is 0 Å². The Hall–Kier alpha value is -1.55. The molecule has 0 aliphatic heterocycles. The number of nitrogens with zero attached hydrogens (tertiary/aromatic N) is 1. The van der Waals surface area contributed by atoms with Gasteiger partial charge in [0.1, 0.15) is 10.8 Å². The van der Waals surface area contributed by atoms with E-state index in [-0.39, 0.29) is 0 Å². The van der Waals surface area contributed by atoms with Crippen LogP contribution in [0.25, 0.3) is 0 Å². The number of anilines is 2. The quantitative estimate of drug-likeness (QED) is 0.857. The summed E-state index contributed by atoms with van der Waals surface area (Å²) in [7, 11) is 0. The summed E-state index contributed by atoms with van der Waals surface area (Å²) in [6, 6.07) is 8.35. The first-order chi connectivity index (χ1) is 7.68. The highest BCUT2D eigenvalue weighted by Crippen LogP contribution is 2.25. The molecule has 2 aromatic rings. The van der Waals surface area contributed by atoms with E-state index in [1.54, 1.807) is 0 Å².